The van der Waals surface area contributed by atoms with Crippen LogP contribution in [0.3, 0.4) is 0 Å². The van der Waals surface area contributed by atoms with Gasteiger partial charge in [-0.15, -0.1) is 12.8 Å². The second-order valence-electron chi connectivity index (χ2n) is 23.5. The highest BCUT2D eigenvalue weighted by Crippen LogP contribution is 2.67. The molecule has 2 aliphatic heterocycles. The summed E-state index contributed by atoms with van der Waals surface area (Å²) < 4.78 is 109. The van der Waals surface area contributed by atoms with E-state index in [1.54, 1.807) is 46.8 Å². The predicted molar refractivity (Wildman–Crippen MR) is 333 cm³/mol. The molecule has 6 heterocycles. The maximum Gasteiger partial charge on any atom is 0.418 e. The van der Waals surface area contributed by atoms with Gasteiger partial charge in [0.2, 0.25) is 23.7 Å². The molecule has 90 heavy (non-hydrogen) atoms. The van der Waals surface area contributed by atoms with Gasteiger partial charge in [-0.05, 0) is 108 Å². The van der Waals surface area contributed by atoms with E-state index < -0.39 is 97.8 Å². The summed E-state index contributed by atoms with van der Waals surface area (Å²) in [6, 6.07) is 9.57. The van der Waals surface area contributed by atoms with Crippen LogP contribution < -0.4 is 15.2 Å². The minimum Gasteiger partial charge on any atom is -0.480 e. The number of aliphatic carboxylic acids is 2. The predicted octanol–water partition coefficient (Wildman–Crippen LogP) is 10.1. The smallest absolute Gasteiger partial charge is 0.418 e. The Morgan fingerprint density at radius 1 is 0.767 bits per heavy atom. The molecule has 6 atom stereocenters. The normalized spacial score (nSPS) is 22.5. The van der Waals surface area contributed by atoms with Gasteiger partial charge in [0.05, 0.1) is 40.8 Å². The molecule has 5 aromatic rings. The second kappa shape index (κ2) is 27.5. The number of benzene rings is 1. The van der Waals surface area contributed by atoms with Gasteiger partial charge in [-0.2, -0.15) is 17.2 Å². The molecule has 0 radical (unpaired) electrons. The van der Waals surface area contributed by atoms with Crippen molar-refractivity contribution in [1.29, 1.82) is 0 Å². The zero-order valence-corrected chi connectivity index (χ0v) is 53.6. The van der Waals surface area contributed by atoms with Crippen molar-refractivity contribution < 1.29 is 74.1 Å². The Hall–Kier alpha value is -8.26. The Morgan fingerprint density at radius 3 is 1.64 bits per heavy atom. The van der Waals surface area contributed by atoms with Crippen molar-refractivity contribution in [3.8, 4) is 36.4 Å². The van der Waals surface area contributed by atoms with E-state index in [9.17, 15) is 41.8 Å². The summed E-state index contributed by atoms with van der Waals surface area (Å²) >= 11 is 1.88. The number of carboxylic acids is 2. The molecule has 22 nitrogen and oxygen atoms in total. The summed E-state index contributed by atoms with van der Waals surface area (Å²) in [7, 11) is -5.48. The number of pyridine rings is 2. The molecule has 4 aliphatic rings. The highest BCUT2D eigenvalue weighted by atomic mass is 32.2. The molecule has 0 unspecified atom stereocenters. The summed E-state index contributed by atoms with van der Waals surface area (Å²) in [6.07, 6.45) is 19.2. The molecule has 2 fully saturated rings. The summed E-state index contributed by atoms with van der Waals surface area (Å²) in [6.45, 7) is 16.8. The van der Waals surface area contributed by atoms with Crippen molar-refractivity contribution in [3.63, 3.8) is 0 Å². The van der Waals surface area contributed by atoms with Crippen LogP contribution in [0.1, 0.15) is 86.7 Å². The SMILES string of the molecule is C#CCOc1cnc(/C(F)=C/c2cnc(F)c([C@@]3(C)N=C(N(COCC[Si](C)(C)C)C(=O)OC(C)(C)C)S[C@@]4(C(=O)O)C[C@H]43)c2)cn1.C#CCOc1cnc(/C(F)=C/c2cnc(F)c([C@@]3(C)N=C(N)S[C@@]4(C(=O)O)C[C@H]43)c2)cn1.Cc1ccc(S(=O)(=O)O)cc1. The van der Waals surface area contributed by atoms with E-state index in [-0.39, 0.29) is 93.4 Å². The Morgan fingerprint density at radius 2 is 1.23 bits per heavy atom. The highest BCUT2D eigenvalue weighted by molar-refractivity contribution is 8.16. The molecule has 4 aromatic heterocycles. The van der Waals surface area contributed by atoms with Gasteiger partial charge in [0, 0.05) is 50.0 Å². The van der Waals surface area contributed by atoms with E-state index in [1.807, 2.05) is 6.92 Å². The molecule has 2 aliphatic carbocycles. The zero-order valence-electron chi connectivity index (χ0n) is 50.2. The first-order valence-electron chi connectivity index (χ1n) is 27.3. The number of terminal acetylenes is 2. The van der Waals surface area contributed by atoms with Crippen molar-refractivity contribution in [1.82, 2.24) is 34.8 Å². The molecule has 5 N–H and O–H groups in total. The molecule has 9 rings (SSSR count). The number of halogens is 4. The summed E-state index contributed by atoms with van der Waals surface area (Å²) in [5, 5.41) is 20.1. The highest BCUT2D eigenvalue weighted by Gasteiger charge is 2.73. The van der Waals surface area contributed by atoms with Gasteiger partial charge in [-0.25, -0.2) is 48.4 Å². The molecular weight excluding hydrogens is 1250 g/mol. The molecular formula is C60H64F4N10O12S3Si. The van der Waals surface area contributed by atoms with Gasteiger partial charge in [0.15, 0.2) is 35.2 Å². The van der Waals surface area contributed by atoms with Crippen LogP contribution in [-0.4, -0.2) is 136 Å². The van der Waals surface area contributed by atoms with Gasteiger partial charge in [-0.3, -0.25) is 24.1 Å². The van der Waals surface area contributed by atoms with Crippen molar-refractivity contribution in [2.75, 3.05) is 26.6 Å². The molecule has 476 valence electrons. The first-order chi connectivity index (χ1) is 42.1. The van der Waals surface area contributed by atoms with Crippen LogP contribution in [-0.2, 0) is 40.3 Å². The number of hydrogen-bond acceptors (Lipinski definition) is 20. The summed E-state index contributed by atoms with van der Waals surface area (Å²) in [5.74, 6) is -1.70. The monoisotopic (exact) mass is 1320 g/mol. The molecule has 1 amide bonds. The largest absolute Gasteiger partial charge is 0.480 e. The number of amidine groups is 2. The van der Waals surface area contributed by atoms with Crippen molar-refractivity contribution in [2.24, 2.45) is 27.6 Å². The van der Waals surface area contributed by atoms with Crippen LogP contribution >= 0.6 is 23.5 Å². The van der Waals surface area contributed by atoms with Gasteiger partial charge < -0.3 is 34.9 Å². The van der Waals surface area contributed by atoms with E-state index in [0.29, 0.717) is 6.61 Å². The number of ether oxygens (including phenoxy) is 4. The number of nitrogens with two attached hydrogens (primary N) is 1. The fourth-order valence-electron chi connectivity index (χ4n) is 9.41. The van der Waals surface area contributed by atoms with Crippen LogP contribution in [0.5, 0.6) is 11.8 Å². The Bertz CT molecular complexity index is 3880. The molecule has 2 saturated carbocycles. The molecule has 30 heteroatoms. The van der Waals surface area contributed by atoms with Gasteiger partial charge in [0.25, 0.3) is 10.1 Å². The minimum atomic E-state index is -4.02. The topological polar surface area (TPSA) is 314 Å². The fourth-order valence-corrected chi connectivity index (χ4v) is 13.5. The molecule has 0 spiro atoms. The lowest BCUT2D eigenvalue weighted by Gasteiger charge is -2.37. The lowest BCUT2D eigenvalue weighted by Crippen LogP contribution is -2.47. The third-order valence-corrected chi connectivity index (χ3v) is 19.6. The molecule has 1 aromatic carbocycles. The van der Waals surface area contributed by atoms with Crippen molar-refractivity contribution >= 4 is 93.9 Å². The number of aryl methyl sites for hydroxylation is 1. The quantitative estimate of drug-likeness (QED) is 0.0120. The molecule has 0 bridgehead atoms. The van der Waals surface area contributed by atoms with E-state index >= 15 is 8.78 Å². The number of fused-ring (bicyclic) bond motifs is 2. The van der Waals surface area contributed by atoms with Crippen LogP contribution in [0.2, 0.25) is 25.7 Å². The van der Waals surface area contributed by atoms with Gasteiger partial charge >= 0.3 is 18.0 Å². The van der Waals surface area contributed by atoms with Crippen LogP contribution in [0.25, 0.3) is 23.8 Å². The van der Waals surface area contributed by atoms with Crippen LogP contribution in [0, 0.1) is 55.3 Å². The lowest BCUT2D eigenvalue weighted by molar-refractivity contribution is -0.138. The Labute approximate surface area is 526 Å². The Balaban J connectivity index is 0.000000229. The number of aromatic nitrogens is 6. The van der Waals surface area contributed by atoms with E-state index in [2.05, 4.69) is 66.4 Å². The first kappa shape index (κ1) is 69.2. The summed E-state index contributed by atoms with van der Waals surface area (Å²) in [5.41, 5.74) is 3.42. The number of thioether (sulfide) groups is 2. The van der Waals surface area contributed by atoms with Crippen LogP contribution in [0.15, 0.2) is 88.5 Å². The fraction of sp³-hybridized carbons (Fsp3) is 0.383. The van der Waals surface area contributed by atoms with E-state index in [4.69, 9.17) is 47.1 Å². The summed E-state index contributed by atoms with van der Waals surface area (Å²) in [4.78, 5) is 71.6. The van der Waals surface area contributed by atoms with Gasteiger partial charge in [0.1, 0.15) is 33.2 Å². The number of hydrogen-bond donors (Lipinski definition) is 4. The number of nitrogens with zero attached hydrogens (tertiary/aromatic N) is 9. The van der Waals surface area contributed by atoms with Crippen molar-refractivity contribution in [3.05, 3.63) is 125 Å². The average Bonchev–Trinajstić information content (AvgIpc) is 1.54. The Kier molecular flexibility index (Phi) is 21.1. The third kappa shape index (κ3) is 16.6. The number of amides is 1. The average molecular weight is 1320 g/mol. The zero-order chi connectivity index (χ0) is 66.4. The number of aliphatic imine (C=N–C) groups is 2. The maximum absolute atomic E-state index is 15.6. The van der Waals surface area contributed by atoms with Crippen molar-refractivity contribution in [2.45, 2.75) is 111 Å². The number of rotatable bonds is 18. The maximum atomic E-state index is 15.6. The second-order valence-corrected chi connectivity index (χ2v) is 33.1. The number of carboxylic acid groups (broad SMARTS) is 2. The minimum absolute atomic E-state index is 0.00476. The van der Waals surface area contributed by atoms with E-state index in [1.165, 1.54) is 42.9 Å². The first-order valence-corrected chi connectivity index (χ1v) is 34.1. The lowest BCUT2D eigenvalue weighted by atomic mass is 9.86. The van der Waals surface area contributed by atoms with Crippen LogP contribution in [0.4, 0.5) is 22.4 Å². The number of carbonyl (C=O) groups is 3. The third-order valence-electron chi connectivity index (χ3n) is 14.3. The van der Waals surface area contributed by atoms with E-state index in [0.717, 1.165) is 70.8 Å². The standard InChI is InChI=1S/C32H39F2N5O6SSi.C21H17F2N5O3S.C7H8O3S/c1-9-10-44-25-18-35-23(17-36-25)22(33)14-20-13-21(26(34)37-16-20)31(5)24-15-32(24,27(40)41)46-28(38-31)39(29(42)45-30(2,3)4)19-43-11-12-47(6,7)8;1-3-4-31-16-10-25-14(9-26-16)13(22)6-11-5-12(17(23)27-8-11)20(2)15-7-21(15,18(29)30)32-19(24)28-20;1-6-2-4-7(5-3-6)11(8,9)10/h1,13-14,16-18,24H,10-12,15,19H2,2-8H3,(H,40,41);1,5-6,8-10,15H,4,7H2,2H3,(H2,24,28)(H,29,30);2-5H,1H3,(H,8,9,10)/b22-14-;13-6-;/t24-,31+,32-;15-,20+,21-;/m00./s1. The molecule has 0 saturated heterocycles. The number of carbonyl (C=O) groups excluding carboxylic acids is 1. The van der Waals surface area contributed by atoms with Gasteiger partial charge in [-0.1, -0.05) is 72.7 Å².